The van der Waals surface area contributed by atoms with Crippen LogP contribution in [0.4, 0.5) is 0 Å². The molecule has 44 valence electrons. The molecule has 0 spiro atoms. The molecule has 1 amide bonds. The van der Waals surface area contributed by atoms with Gasteiger partial charge in [0.05, 0.1) is 0 Å². The van der Waals surface area contributed by atoms with Crippen LogP contribution >= 0.6 is 0 Å². The van der Waals surface area contributed by atoms with Crippen LogP contribution < -0.4 is 5.48 Å². The highest BCUT2D eigenvalue weighted by Gasteiger charge is 2.13. The van der Waals surface area contributed by atoms with Crippen molar-refractivity contribution >= 4 is 5.91 Å². The molecule has 1 unspecified atom stereocenters. The lowest BCUT2D eigenvalue weighted by atomic mass is 10.3. The van der Waals surface area contributed by atoms with Crippen LogP contribution in [0.2, 0.25) is 0 Å². The van der Waals surface area contributed by atoms with Crippen LogP contribution in [-0.2, 0) is 9.63 Å². The molecule has 0 aromatic carbocycles. The smallest absolute Gasteiger partial charge is 0.285 e. The van der Waals surface area contributed by atoms with E-state index in [-0.39, 0.29) is 0 Å². The second-order valence-corrected chi connectivity index (χ2v) is 1.36. The summed E-state index contributed by atoms with van der Waals surface area (Å²) in [4.78, 5) is 14.6. The molecule has 1 rings (SSSR count). The van der Waals surface area contributed by atoms with Gasteiger partial charge in [0.25, 0.3) is 5.91 Å². The zero-order valence-corrected chi connectivity index (χ0v) is 4.00. The van der Waals surface area contributed by atoms with Gasteiger partial charge in [0, 0.05) is 0 Å². The van der Waals surface area contributed by atoms with Crippen LogP contribution in [0.5, 0.6) is 0 Å². The molecule has 8 heavy (non-hydrogen) atoms. The highest BCUT2D eigenvalue weighted by Crippen LogP contribution is 1.91. The molecule has 0 aliphatic carbocycles. The molecule has 4 heteroatoms. The lowest BCUT2D eigenvalue weighted by Crippen LogP contribution is -2.35. The molecule has 0 aromatic rings. The predicted molar refractivity (Wildman–Crippen MR) is 24.4 cm³/mol. The molecule has 1 aliphatic rings. The van der Waals surface area contributed by atoms with Crippen LogP contribution in [0.3, 0.4) is 0 Å². The second kappa shape index (κ2) is 1.83. The molecular weight excluding hydrogens is 110 g/mol. The average molecular weight is 115 g/mol. The minimum absolute atomic E-state index is 0.535. The van der Waals surface area contributed by atoms with E-state index in [1.165, 1.54) is 12.3 Å². The molecule has 0 bridgehead atoms. The summed E-state index contributed by atoms with van der Waals surface area (Å²) in [6.07, 6.45) is 1.41. The average Bonchev–Trinajstić information content (AvgIpc) is 1.77. The fraction of sp³-hybridized carbons (Fsp3) is 0.250. The zero-order chi connectivity index (χ0) is 5.98. The van der Waals surface area contributed by atoms with E-state index < -0.39 is 12.0 Å². The molecule has 2 N–H and O–H groups in total. The van der Waals surface area contributed by atoms with Gasteiger partial charge in [-0.1, -0.05) is 0 Å². The van der Waals surface area contributed by atoms with Gasteiger partial charge in [-0.15, -0.1) is 0 Å². The Bertz CT molecular complexity index is 131. The first-order valence-corrected chi connectivity index (χ1v) is 2.11. The number of aliphatic hydroxyl groups is 1. The summed E-state index contributed by atoms with van der Waals surface area (Å²) in [5.74, 6) is -0.535. The number of carbonyl (C=O) groups is 1. The Morgan fingerprint density at radius 2 is 2.62 bits per heavy atom. The standard InChI is InChI=1S/C4H5NO3/c6-3-1-2-8-5-4(3)7/h1-3,6H,(H,5,7). The van der Waals surface area contributed by atoms with Gasteiger partial charge >= 0.3 is 0 Å². The normalized spacial score (nSPS) is 26.6. The van der Waals surface area contributed by atoms with Gasteiger partial charge in [0.15, 0.2) is 6.10 Å². The number of rotatable bonds is 0. The van der Waals surface area contributed by atoms with Crippen molar-refractivity contribution < 1.29 is 14.7 Å². The monoisotopic (exact) mass is 115 g/mol. The van der Waals surface area contributed by atoms with Crippen molar-refractivity contribution in [3.8, 4) is 0 Å². The Kier molecular flexibility index (Phi) is 1.17. The minimum Gasteiger partial charge on any atom is -0.388 e. The fourth-order valence-corrected chi connectivity index (χ4v) is 0.354. The van der Waals surface area contributed by atoms with Gasteiger partial charge in [-0.05, 0) is 6.08 Å². The summed E-state index contributed by atoms with van der Waals surface area (Å²) >= 11 is 0. The maximum Gasteiger partial charge on any atom is 0.285 e. The quantitative estimate of drug-likeness (QED) is 0.422. The first kappa shape index (κ1) is 5.11. The third-order valence-electron chi connectivity index (χ3n) is 0.757. The van der Waals surface area contributed by atoms with E-state index in [1.807, 2.05) is 5.48 Å². The van der Waals surface area contributed by atoms with Crippen LogP contribution in [0.1, 0.15) is 0 Å². The summed E-state index contributed by atoms with van der Waals surface area (Å²) in [6, 6.07) is 0. The van der Waals surface area contributed by atoms with Crippen molar-refractivity contribution in [3.05, 3.63) is 12.3 Å². The van der Waals surface area contributed by atoms with Crippen molar-refractivity contribution in [2.75, 3.05) is 0 Å². The van der Waals surface area contributed by atoms with Crippen molar-refractivity contribution in [1.29, 1.82) is 0 Å². The third-order valence-corrected chi connectivity index (χ3v) is 0.757. The van der Waals surface area contributed by atoms with Crippen molar-refractivity contribution in [1.82, 2.24) is 5.48 Å². The fourth-order valence-electron chi connectivity index (χ4n) is 0.354. The summed E-state index contributed by atoms with van der Waals surface area (Å²) < 4.78 is 0. The van der Waals surface area contributed by atoms with Crippen molar-refractivity contribution in [2.45, 2.75) is 6.10 Å². The highest BCUT2D eigenvalue weighted by atomic mass is 16.6. The zero-order valence-electron chi connectivity index (χ0n) is 4.00. The first-order chi connectivity index (χ1) is 3.80. The predicted octanol–water partition coefficient (Wildman–Crippen LogP) is -1.08. The Labute approximate surface area is 45.7 Å². The Hall–Kier alpha value is -1.03. The van der Waals surface area contributed by atoms with E-state index in [0.29, 0.717) is 0 Å². The third kappa shape index (κ3) is 0.788. The summed E-state index contributed by atoms with van der Waals surface area (Å²) in [5, 5.41) is 8.60. The largest absolute Gasteiger partial charge is 0.388 e. The maximum absolute atomic E-state index is 10.3. The number of hydroxylamine groups is 1. The molecule has 0 saturated heterocycles. The van der Waals surface area contributed by atoms with Crippen LogP contribution in [0, 0.1) is 0 Å². The van der Waals surface area contributed by atoms with Crippen molar-refractivity contribution in [3.63, 3.8) is 0 Å². The Balaban J connectivity index is 2.60. The molecule has 0 radical (unpaired) electrons. The molecule has 0 fully saturated rings. The number of amides is 1. The molecular formula is C4H5NO3. The first-order valence-electron chi connectivity index (χ1n) is 2.11. The Morgan fingerprint density at radius 1 is 1.88 bits per heavy atom. The molecule has 0 saturated carbocycles. The van der Waals surface area contributed by atoms with Crippen LogP contribution in [0.25, 0.3) is 0 Å². The van der Waals surface area contributed by atoms with Crippen LogP contribution in [-0.4, -0.2) is 17.1 Å². The SMILES string of the molecule is O=C1NOC=CC1O. The van der Waals surface area contributed by atoms with Gasteiger partial charge in [0.1, 0.15) is 6.26 Å². The van der Waals surface area contributed by atoms with Crippen molar-refractivity contribution in [2.24, 2.45) is 0 Å². The van der Waals surface area contributed by atoms with Gasteiger partial charge in [-0.2, -0.15) is 5.48 Å². The lowest BCUT2D eigenvalue weighted by Gasteiger charge is -2.09. The van der Waals surface area contributed by atoms with E-state index in [4.69, 9.17) is 5.11 Å². The molecule has 1 aliphatic heterocycles. The molecule has 1 atom stereocenters. The second-order valence-electron chi connectivity index (χ2n) is 1.36. The summed E-state index contributed by atoms with van der Waals surface area (Å²) in [5.41, 5.74) is 1.96. The topological polar surface area (TPSA) is 58.6 Å². The highest BCUT2D eigenvalue weighted by molar-refractivity contribution is 5.81. The number of aliphatic hydroxyl groups excluding tert-OH is 1. The lowest BCUT2D eigenvalue weighted by molar-refractivity contribution is -0.138. The summed E-state index contributed by atoms with van der Waals surface area (Å²) in [6.45, 7) is 0. The van der Waals surface area contributed by atoms with Gasteiger partial charge in [-0.3, -0.25) is 4.79 Å². The molecule has 0 aromatic heterocycles. The van der Waals surface area contributed by atoms with Gasteiger partial charge < -0.3 is 9.94 Å². The van der Waals surface area contributed by atoms with E-state index in [1.54, 1.807) is 0 Å². The van der Waals surface area contributed by atoms with E-state index in [2.05, 4.69) is 4.84 Å². The summed E-state index contributed by atoms with van der Waals surface area (Å²) in [7, 11) is 0. The number of nitrogens with one attached hydrogen (secondary N) is 1. The van der Waals surface area contributed by atoms with E-state index in [9.17, 15) is 4.79 Å². The van der Waals surface area contributed by atoms with E-state index >= 15 is 0 Å². The molecule has 1 heterocycles. The molecule has 4 nitrogen and oxygen atoms in total. The minimum atomic E-state index is -1.05. The number of hydrogen-bond acceptors (Lipinski definition) is 3. The van der Waals surface area contributed by atoms with Gasteiger partial charge in [0.2, 0.25) is 0 Å². The van der Waals surface area contributed by atoms with E-state index in [0.717, 1.165) is 0 Å². The Morgan fingerprint density at radius 3 is 3.00 bits per heavy atom. The van der Waals surface area contributed by atoms with Gasteiger partial charge in [-0.25, -0.2) is 0 Å². The van der Waals surface area contributed by atoms with Crippen LogP contribution in [0.15, 0.2) is 12.3 Å². The number of carbonyl (C=O) groups excluding carboxylic acids is 1. The number of hydrogen-bond donors (Lipinski definition) is 2. The maximum atomic E-state index is 10.3.